The van der Waals surface area contributed by atoms with E-state index in [0.717, 1.165) is 21.6 Å². The Balaban J connectivity index is 2.17. The van der Waals surface area contributed by atoms with E-state index >= 15 is 0 Å². The fourth-order valence-corrected chi connectivity index (χ4v) is 3.63. The predicted molar refractivity (Wildman–Crippen MR) is 82.5 cm³/mol. The Morgan fingerprint density at radius 1 is 1.48 bits per heavy atom. The number of aliphatic hydroxyl groups excluding tert-OH is 1. The molecule has 0 aliphatic heterocycles. The van der Waals surface area contributed by atoms with Crippen LogP contribution in [0.3, 0.4) is 0 Å². The second kappa shape index (κ2) is 5.42. The molecule has 0 saturated carbocycles. The highest BCUT2D eigenvalue weighted by atomic mass is 32.1. The van der Waals surface area contributed by atoms with Gasteiger partial charge < -0.3 is 9.84 Å². The minimum Gasteiger partial charge on any atom is -0.435 e. The van der Waals surface area contributed by atoms with Gasteiger partial charge in [0.15, 0.2) is 12.2 Å². The Morgan fingerprint density at radius 3 is 3.05 bits per heavy atom. The van der Waals surface area contributed by atoms with E-state index in [0.29, 0.717) is 16.9 Å². The number of ether oxygens (including phenoxy) is 1. The summed E-state index contributed by atoms with van der Waals surface area (Å²) in [6.45, 7) is 1.43. The lowest BCUT2D eigenvalue weighted by Crippen LogP contribution is -2.16. The second-order valence-electron chi connectivity index (χ2n) is 5.09. The van der Waals surface area contributed by atoms with E-state index in [1.165, 1.54) is 11.3 Å². The molecule has 1 unspecified atom stereocenters. The maximum atomic E-state index is 12.5. The van der Waals surface area contributed by atoms with Crippen molar-refractivity contribution in [2.45, 2.75) is 13.3 Å². The van der Waals surface area contributed by atoms with Crippen LogP contribution in [0.25, 0.3) is 16.2 Å². The van der Waals surface area contributed by atoms with Crippen molar-refractivity contribution in [1.82, 2.24) is 0 Å². The summed E-state index contributed by atoms with van der Waals surface area (Å²) < 4.78 is 5.32. The van der Waals surface area contributed by atoms with Crippen LogP contribution in [0.2, 0.25) is 0 Å². The zero-order valence-electron chi connectivity index (χ0n) is 11.5. The van der Waals surface area contributed by atoms with E-state index in [1.807, 2.05) is 6.08 Å². The summed E-state index contributed by atoms with van der Waals surface area (Å²) in [5.74, 6) is -0.227. The molecular weight excluding hydrogens is 288 g/mol. The third-order valence-corrected chi connectivity index (χ3v) is 4.71. The molecule has 2 aromatic rings. The van der Waals surface area contributed by atoms with Crippen molar-refractivity contribution < 1.29 is 14.6 Å². The fourth-order valence-electron chi connectivity index (χ4n) is 2.49. The highest BCUT2D eigenvalue weighted by Gasteiger charge is 2.17. The SMILES string of the molecule is CC1C=Cc2sc3cc(C(=O)OCO)ccc3c(=O)c2C1. The quantitative estimate of drug-likeness (QED) is 0.684. The first-order valence-corrected chi connectivity index (χ1v) is 7.47. The van der Waals surface area contributed by atoms with Crippen molar-refractivity contribution in [3.63, 3.8) is 0 Å². The first-order valence-electron chi connectivity index (χ1n) is 6.66. The molecule has 0 amide bonds. The smallest absolute Gasteiger partial charge is 0.340 e. The lowest BCUT2D eigenvalue weighted by molar-refractivity contribution is 0.00686. The van der Waals surface area contributed by atoms with Crippen molar-refractivity contribution in [2.24, 2.45) is 5.92 Å². The van der Waals surface area contributed by atoms with Gasteiger partial charge in [-0.1, -0.05) is 13.0 Å². The number of benzene rings is 1. The van der Waals surface area contributed by atoms with Crippen molar-refractivity contribution in [2.75, 3.05) is 6.79 Å². The van der Waals surface area contributed by atoms with Gasteiger partial charge in [0.1, 0.15) is 0 Å². The van der Waals surface area contributed by atoms with E-state index in [9.17, 15) is 9.59 Å². The van der Waals surface area contributed by atoms with Crippen molar-refractivity contribution in [3.05, 3.63) is 50.5 Å². The molecule has 108 valence electrons. The third kappa shape index (κ3) is 2.50. The summed E-state index contributed by atoms with van der Waals surface area (Å²) in [5.41, 5.74) is 1.23. The van der Waals surface area contributed by atoms with Crippen LogP contribution in [0.15, 0.2) is 29.1 Å². The summed E-state index contributed by atoms with van der Waals surface area (Å²) >= 11 is 1.50. The predicted octanol–water partition coefficient (Wildman–Crippen LogP) is 2.57. The van der Waals surface area contributed by atoms with Crippen LogP contribution >= 0.6 is 11.3 Å². The number of carbonyl (C=O) groups excluding carboxylic acids is 1. The Morgan fingerprint density at radius 2 is 2.29 bits per heavy atom. The van der Waals surface area contributed by atoms with Gasteiger partial charge in [0.2, 0.25) is 0 Å². The van der Waals surface area contributed by atoms with Crippen LogP contribution in [0.5, 0.6) is 0 Å². The first kappa shape index (κ1) is 14.0. The Hall–Kier alpha value is -1.98. The summed E-state index contributed by atoms with van der Waals surface area (Å²) in [4.78, 5) is 25.1. The molecule has 1 aromatic heterocycles. The number of rotatable bonds is 2. The molecule has 0 radical (unpaired) electrons. The second-order valence-corrected chi connectivity index (χ2v) is 6.17. The van der Waals surface area contributed by atoms with Gasteiger partial charge in [0, 0.05) is 20.5 Å². The van der Waals surface area contributed by atoms with Crippen LogP contribution < -0.4 is 5.43 Å². The van der Waals surface area contributed by atoms with Crippen LogP contribution in [0, 0.1) is 5.92 Å². The molecule has 1 aliphatic rings. The van der Waals surface area contributed by atoms with Gasteiger partial charge >= 0.3 is 5.97 Å². The molecule has 1 heterocycles. The Kier molecular flexibility index (Phi) is 3.61. The molecule has 4 nitrogen and oxygen atoms in total. The van der Waals surface area contributed by atoms with E-state index < -0.39 is 12.8 Å². The van der Waals surface area contributed by atoms with E-state index in [2.05, 4.69) is 17.7 Å². The molecule has 1 N–H and O–H groups in total. The van der Waals surface area contributed by atoms with Gasteiger partial charge in [0.05, 0.1) is 5.56 Å². The van der Waals surface area contributed by atoms with Gasteiger partial charge in [-0.15, -0.1) is 11.3 Å². The molecule has 1 atom stereocenters. The minimum atomic E-state index is -0.655. The molecule has 5 heteroatoms. The van der Waals surface area contributed by atoms with Crippen molar-refractivity contribution in [3.8, 4) is 0 Å². The molecular formula is C16H14O4S. The molecule has 0 fully saturated rings. The van der Waals surface area contributed by atoms with Gasteiger partial charge in [-0.2, -0.15) is 0 Å². The lowest BCUT2D eigenvalue weighted by Gasteiger charge is -2.15. The van der Waals surface area contributed by atoms with Crippen LogP contribution in [-0.2, 0) is 11.2 Å². The normalized spacial score (nSPS) is 16.8. The maximum absolute atomic E-state index is 12.5. The third-order valence-electron chi connectivity index (χ3n) is 3.55. The zero-order valence-corrected chi connectivity index (χ0v) is 12.3. The summed E-state index contributed by atoms with van der Waals surface area (Å²) in [7, 11) is 0. The topological polar surface area (TPSA) is 63.6 Å². The van der Waals surface area contributed by atoms with Gasteiger partial charge in [-0.3, -0.25) is 4.79 Å². The molecule has 0 bridgehead atoms. The van der Waals surface area contributed by atoms with Crippen molar-refractivity contribution >= 4 is 33.5 Å². The van der Waals surface area contributed by atoms with Gasteiger partial charge in [0.25, 0.3) is 0 Å². The van der Waals surface area contributed by atoms with E-state index in [-0.39, 0.29) is 5.43 Å². The Labute approximate surface area is 125 Å². The molecule has 3 rings (SSSR count). The molecule has 1 aromatic carbocycles. The number of aliphatic hydroxyl groups is 1. The van der Waals surface area contributed by atoms with Crippen LogP contribution in [0.4, 0.5) is 0 Å². The number of hydrogen-bond donors (Lipinski definition) is 1. The van der Waals surface area contributed by atoms with Crippen LogP contribution in [0.1, 0.15) is 27.7 Å². The highest BCUT2D eigenvalue weighted by Crippen LogP contribution is 2.29. The average Bonchev–Trinajstić information content (AvgIpc) is 2.48. The summed E-state index contributed by atoms with van der Waals surface area (Å²) in [5, 5.41) is 9.27. The number of carbonyl (C=O) groups is 1. The maximum Gasteiger partial charge on any atom is 0.340 e. The van der Waals surface area contributed by atoms with E-state index in [1.54, 1.807) is 18.2 Å². The number of fused-ring (bicyclic) bond motifs is 2. The monoisotopic (exact) mass is 302 g/mol. The molecule has 0 spiro atoms. The summed E-state index contributed by atoms with van der Waals surface area (Å²) in [6.07, 6.45) is 4.83. The van der Waals surface area contributed by atoms with Gasteiger partial charge in [-0.25, -0.2) is 4.79 Å². The summed E-state index contributed by atoms with van der Waals surface area (Å²) in [6, 6.07) is 4.86. The standard InChI is InChI=1S/C16H14O4S/c1-9-2-5-13-12(6-9)15(18)11-4-3-10(7-14(11)21-13)16(19)20-8-17/h2-5,7,9,17H,6,8H2,1H3. The number of allylic oxidation sites excluding steroid dienone is 1. The van der Waals surface area contributed by atoms with Gasteiger partial charge in [-0.05, 0) is 36.6 Å². The molecule has 21 heavy (non-hydrogen) atoms. The minimum absolute atomic E-state index is 0.0389. The highest BCUT2D eigenvalue weighted by molar-refractivity contribution is 7.19. The number of hydrogen-bond acceptors (Lipinski definition) is 5. The molecule has 0 saturated heterocycles. The molecule has 1 aliphatic carbocycles. The largest absolute Gasteiger partial charge is 0.435 e. The van der Waals surface area contributed by atoms with E-state index in [4.69, 9.17) is 5.11 Å². The fraction of sp³-hybridized carbons (Fsp3) is 0.250. The zero-order chi connectivity index (χ0) is 15.0. The average molecular weight is 302 g/mol. The lowest BCUT2D eigenvalue weighted by atomic mass is 9.95. The van der Waals surface area contributed by atoms with Crippen LogP contribution in [-0.4, -0.2) is 17.9 Å². The Bertz CT molecular complexity index is 804. The van der Waals surface area contributed by atoms with Crippen molar-refractivity contribution in [1.29, 1.82) is 0 Å². The number of esters is 1. The first-order chi connectivity index (χ1) is 10.1.